The van der Waals surface area contributed by atoms with Gasteiger partial charge in [0.05, 0.1) is 12.2 Å². The number of carbonyl (C=O) groups excluding carboxylic acids is 1. The molecule has 0 aliphatic heterocycles. The van der Waals surface area contributed by atoms with Gasteiger partial charge in [-0.1, -0.05) is 12.1 Å². The second-order valence-electron chi connectivity index (χ2n) is 3.31. The highest BCUT2D eigenvalue weighted by Gasteiger charge is 2.07. The van der Waals surface area contributed by atoms with Crippen molar-refractivity contribution in [3.8, 4) is 0 Å². The van der Waals surface area contributed by atoms with E-state index in [1.807, 2.05) is 0 Å². The van der Waals surface area contributed by atoms with Gasteiger partial charge >= 0.3 is 5.97 Å². The summed E-state index contributed by atoms with van der Waals surface area (Å²) < 4.78 is 9.75. The number of rotatable bonds is 5. The first-order chi connectivity index (χ1) is 8.19. The lowest BCUT2D eigenvalue weighted by molar-refractivity contribution is 0.0388. The average Bonchev–Trinajstić information content (AvgIpc) is 2.38. The molecular weight excluding hydrogens is 256 g/mol. The molecule has 0 saturated heterocycles. The molecule has 0 atom stereocenters. The lowest BCUT2D eigenvalue weighted by Gasteiger charge is -2.05. The highest BCUT2D eigenvalue weighted by molar-refractivity contribution is 5.98. The number of aliphatic imine (C=N–C) groups is 1. The third kappa shape index (κ3) is 4.73. The van der Waals surface area contributed by atoms with Gasteiger partial charge in [0.1, 0.15) is 12.4 Å². The summed E-state index contributed by atoms with van der Waals surface area (Å²) in [4.78, 5) is 15.4. The Morgan fingerprint density at radius 1 is 1.22 bits per heavy atom. The Morgan fingerprint density at radius 3 is 2.28 bits per heavy atom. The molecule has 0 heterocycles. The molecule has 0 aromatic heterocycles. The van der Waals surface area contributed by atoms with Crippen molar-refractivity contribution in [2.24, 2.45) is 10.7 Å². The van der Waals surface area contributed by atoms with Crippen molar-refractivity contribution in [2.45, 2.75) is 0 Å². The van der Waals surface area contributed by atoms with Crippen molar-refractivity contribution < 1.29 is 14.3 Å². The minimum atomic E-state index is -0.374. The molecule has 2 N–H and O–H groups in total. The average molecular weight is 273 g/mol. The van der Waals surface area contributed by atoms with E-state index in [-0.39, 0.29) is 25.0 Å². The number of carbonyl (C=O) groups is 1. The van der Waals surface area contributed by atoms with Gasteiger partial charge in [-0.05, 0) is 12.1 Å². The molecular formula is C12H17ClN2O3. The first kappa shape index (κ1) is 16.4. The van der Waals surface area contributed by atoms with Crippen LogP contribution in [0.1, 0.15) is 15.9 Å². The number of ether oxygens (including phenoxy) is 2. The van der Waals surface area contributed by atoms with Gasteiger partial charge in [-0.2, -0.15) is 0 Å². The Hall–Kier alpha value is -1.59. The van der Waals surface area contributed by atoms with Gasteiger partial charge in [0.15, 0.2) is 0 Å². The van der Waals surface area contributed by atoms with Gasteiger partial charge in [0.2, 0.25) is 0 Å². The molecule has 100 valence electrons. The van der Waals surface area contributed by atoms with E-state index in [2.05, 4.69) is 4.99 Å². The summed E-state index contributed by atoms with van der Waals surface area (Å²) in [6, 6.07) is 6.77. The number of benzene rings is 1. The summed E-state index contributed by atoms with van der Waals surface area (Å²) in [5, 5.41) is 0. The van der Waals surface area contributed by atoms with Crippen LogP contribution in [-0.4, -0.2) is 39.2 Å². The van der Waals surface area contributed by atoms with Crippen LogP contribution in [0, 0.1) is 0 Å². The largest absolute Gasteiger partial charge is 0.460 e. The second-order valence-corrected chi connectivity index (χ2v) is 3.31. The van der Waals surface area contributed by atoms with Gasteiger partial charge in [0.25, 0.3) is 0 Å². The topological polar surface area (TPSA) is 73.9 Å². The normalized spacial score (nSPS) is 10.7. The molecule has 0 saturated carbocycles. The monoisotopic (exact) mass is 272 g/mol. The van der Waals surface area contributed by atoms with Crippen LogP contribution >= 0.6 is 12.4 Å². The molecule has 0 radical (unpaired) electrons. The molecule has 1 aromatic rings. The maximum absolute atomic E-state index is 11.5. The van der Waals surface area contributed by atoms with Gasteiger partial charge in [-0.25, -0.2) is 4.79 Å². The maximum Gasteiger partial charge on any atom is 0.338 e. The number of halogens is 1. The minimum Gasteiger partial charge on any atom is -0.460 e. The van der Waals surface area contributed by atoms with Crippen LogP contribution in [0.2, 0.25) is 0 Å². The van der Waals surface area contributed by atoms with Crippen LogP contribution in [0.5, 0.6) is 0 Å². The van der Waals surface area contributed by atoms with E-state index in [9.17, 15) is 4.79 Å². The number of nitrogens with two attached hydrogens (primary N) is 1. The van der Waals surface area contributed by atoms with Crippen LogP contribution in [0.25, 0.3) is 0 Å². The van der Waals surface area contributed by atoms with Crippen LogP contribution in [0.3, 0.4) is 0 Å². The Balaban J connectivity index is 0.00000289. The molecule has 0 bridgehead atoms. The summed E-state index contributed by atoms with van der Waals surface area (Å²) in [5.41, 5.74) is 6.89. The van der Waals surface area contributed by atoms with Crippen molar-refractivity contribution in [3.63, 3.8) is 0 Å². The predicted octanol–water partition coefficient (Wildman–Crippen LogP) is 1.25. The number of amidine groups is 1. The van der Waals surface area contributed by atoms with Gasteiger partial charge in [-0.3, -0.25) is 4.99 Å². The lowest BCUT2D eigenvalue weighted by Crippen LogP contribution is -2.14. The zero-order valence-corrected chi connectivity index (χ0v) is 11.2. The number of methoxy groups -OCH3 is 1. The standard InChI is InChI=1S/C12H16N2O3.ClH/c1-14-11(13)9-3-5-10(6-4-9)12(15)17-8-7-16-2;/h3-6H,7-8H2,1-2H3,(H2,13,14);1H. The fourth-order valence-electron chi connectivity index (χ4n) is 1.21. The molecule has 0 fully saturated rings. The molecule has 0 amide bonds. The van der Waals surface area contributed by atoms with Gasteiger partial charge < -0.3 is 15.2 Å². The third-order valence-corrected chi connectivity index (χ3v) is 2.18. The summed E-state index contributed by atoms with van der Waals surface area (Å²) >= 11 is 0. The van der Waals surface area contributed by atoms with Crippen LogP contribution in [0.15, 0.2) is 29.3 Å². The predicted molar refractivity (Wildman–Crippen MR) is 72.5 cm³/mol. The zero-order valence-electron chi connectivity index (χ0n) is 10.4. The molecule has 18 heavy (non-hydrogen) atoms. The summed E-state index contributed by atoms with van der Waals surface area (Å²) in [7, 11) is 3.16. The Kier molecular flexibility index (Phi) is 7.74. The number of hydrogen-bond acceptors (Lipinski definition) is 4. The number of nitrogens with zero attached hydrogens (tertiary/aromatic N) is 1. The third-order valence-electron chi connectivity index (χ3n) is 2.18. The fourth-order valence-corrected chi connectivity index (χ4v) is 1.21. The summed E-state index contributed by atoms with van der Waals surface area (Å²) in [6.07, 6.45) is 0. The zero-order chi connectivity index (χ0) is 12.7. The van der Waals surface area contributed by atoms with E-state index < -0.39 is 0 Å². The van der Waals surface area contributed by atoms with E-state index in [0.717, 1.165) is 5.56 Å². The maximum atomic E-state index is 11.5. The SMILES string of the molecule is CN=C(N)c1ccc(C(=O)OCCOC)cc1.Cl. The fraction of sp³-hybridized carbons (Fsp3) is 0.333. The van der Waals surface area contributed by atoms with Crippen molar-refractivity contribution in [1.29, 1.82) is 0 Å². The van der Waals surface area contributed by atoms with Crippen molar-refractivity contribution in [1.82, 2.24) is 0 Å². The molecule has 0 unspecified atom stereocenters. The molecule has 0 aliphatic carbocycles. The van der Waals surface area contributed by atoms with Crippen molar-refractivity contribution in [2.75, 3.05) is 27.4 Å². The van der Waals surface area contributed by atoms with Crippen LogP contribution in [-0.2, 0) is 9.47 Å². The first-order valence-electron chi connectivity index (χ1n) is 5.17. The smallest absolute Gasteiger partial charge is 0.338 e. The summed E-state index contributed by atoms with van der Waals surface area (Å²) in [5.74, 6) is 0.0601. The first-order valence-corrected chi connectivity index (χ1v) is 5.17. The van der Waals surface area contributed by atoms with Crippen molar-refractivity contribution in [3.05, 3.63) is 35.4 Å². The lowest BCUT2D eigenvalue weighted by atomic mass is 10.1. The van der Waals surface area contributed by atoms with E-state index >= 15 is 0 Å². The number of hydrogen-bond donors (Lipinski definition) is 1. The van der Waals surface area contributed by atoms with E-state index in [4.69, 9.17) is 15.2 Å². The van der Waals surface area contributed by atoms with Gasteiger partial charge in [0, 0.05) is 19.7 Å². The molecule has 1 aromatic carbocycles. The van der Waals surface area contributed by atoms with Crippen LogP contribution in [0.4, 0.5) is 0 Å². The highest BCUT2D eigenvalue weighted by atomic mass is 35.5. The Labute approximate surface area is 112 Å². The van der Waals surface area contributed by atoms with E-state index in [1.54, 1.807) is 38.4 Å². The quantitative estimate of drug-likeness (QED) is 0.379. The molecule has 0 aliphatic rings. The molecule has 6 heteroatoms. The molecule has 0 spiro atoms. The van der Waals surface area contributed by atoms with Crippen LogP contribution < -0.4 is 5.73 Å². The Morgan fingerprint density at radius 2 is 1.78 bits per heavy atom. The van der Waals surface area contributed by atoms with E-state index in [0.29, 0.717) is 18.0 Å². The molecule has 1 rings (SSSR count). The highest BCUT2D eigenvalue weighted by Crippen LogP contribution is 2.05. The van der Waals surface area contributed by atoms with Crippen molar-refractivity contribution >= 4 is 24.2 Å². The molecule has 5 nitrogen and oxygen atoms in total. The number of esters is 1. The minimum absolute atomic E-state index is 0. The van der Waals surface area contributed by atoms with E-state index in [1.165, 1.54) is 0 Å². The second kappa shape index (κ2) is 8.49. The van der Waals surface area contributed by atoms with Gasteiger partial charge in [-0.15, -0.1) is 12.4 Å². The Bertz CT molecular complexity index is 404. The summed E-state index contributed by atoms with van der Waals surface area (Å²) in [6.45, 7) is 0.634.